The Morgan fingerprint density at radius 2 is 2.36 bits per heavy atom. The fourth-order valence-electron chi connectivity index (χ4n) is 1.71. The molecule has 0 saturated heterocycles. The van der Waals surface area contributed by atoms with E-state index >= 15 is 0 Å². The van der Waals surface area contributed by atoms with Gasteiger partial charge in [0.2, 0.25) is 0 Å². The van der Waals surface area contributed by atoms with Crippen molar-refractivity contribution in [2.45, 2.75) is 19.4 Å². The van der Waals surface area contributed by atoms with Crippen LogP contribution in [0.25, 0.3) is 0 Å². The minimum atomic E-state index is 0.174. The third-order valence-corrected chi connectivity index (χ3v) is 2.31. The van der Waals surface area contributed by atoms with Gasteiger partial charge < -0.3 is 9.47 Å². The molecule has 1 aromatic rings. The molecule has 1 aliphatic rings. The first-order valence-electron chi connectivity index (χ1n) is 4.52. The van der Waals surface area contributed by atoms with Crippen LogP contribution in [-0.2, 0) is 6.42 Å². The van der Waals surface area contributed by atoms with E-state index in [1.807, 2.05) is 13.0 Å². The monoisotopic (exact) mass is 189 g/mol. The van der Waals surface area contributed by atoms with Crippen LogP contribution in [0, 0.1) is 11.3 Å². The van der Waals surface area contributed by atoms with E-state index in [1.54, 1.807) is 13.2 Å². The lowest BCUT2D eigenvalue weighted by Crippen LogP contribution is -2.05. The lowest BCUT2D eigenvalue weighted by Gasteiger charge is -2.07. The maximum Gasteiger partial charge on any atom is 0.164 e. The molecule has 1 aromatic carbocycles. The smallest absolute Gasteiger partial charge is 0.164 e. The van der Waals surface area contributed by atoms with Crippen molar-refractivity contribution < 1.29 is 9.47 Å². The van der Waals surface area contributed by atoms with E-state index in [4.69, 9.17) is 14.7 Å². The Balaban J connectivity index is 2.53. The van der Waals surface area contributed by atoms with Crippen LogP contribution in [0.2, 0.25) is 0 Å². The summed E-state index contributed by atoms with van der Waals surface area (Å²) in [6.45, 7) is 2.01. The largest absolute Gasteiger partial charge is 0.493 e. The van der Waals surface area contributed by atoms with Gasteiger partial charge in [0.15, 0.2) is 11.5 Å². The van der Waals surface area contributed by atoms with E-state index in [1.165, 1.54) is 0 Å². The van der Waals surface area contributed by atoms with Crippen LogP contribution in [0.1, 0.15) is 18.1 Å². The lowest BCUT2D eigenvalue weighted by molar-refractivity contribution is 0.243. The van der Waals surface area contributed by atoms with Crippen molar-refractivity contribution in [2.24, 2.45) is 0 Å². The highest BCUT2D eigenvalue weighted by Gasteiger charge is 2.23. The van der Waals surface area contributed by atoms with E-state index < -0.39 is 0 Å². The van der Waals surface area contributed by atoms with Crippen LogP contribution in [0.4, 0.5) is 0 Å². The molecule has 72 valence electrons. The second-order valence-corrected chi connectivity index (χ2v) is 3.41. The van der Waals surface area contributed by atoms with Crippen molar-refractivity contribution in [3.8, 4) is 17.6 Å². The van der Waals surface area contributed by atoms with Crippen molar-refractivity contribution in [1.82, 2.24) is 0 Å². The molecule has 0 aliphatic carbocycles. The van der Waals surface area contributed by atoms with Gasteiger partial charge in [-0.2, -0.15) is 5.26 Å². The first-order valence-corrected chi connectivity index (χ1v) is 4.52. The Labute approximate surface area is 82.9 Å². The van der Waals surface area contributed by atoms with E-state index in [0.29, 0.717) is 11.3 Å². The SMILES string of the molecule is COc1cc(C#N)cc2c1OC(C)C2. The molecular weight excluding hydrogens is 178 g/mol. The summed E-state index contributed by atoms with van der Waals surface area (Å²) in [6, 6.07) is 5.68. The molecule has 1 atom stereocenters. The minimum Gasteiger partial charge on any atom is -0.493 e. The average molecular weight is 189 g/mol. The van der Waals surface area contributed by atoms with Gasteiger partial charge in [-0.1, -0.05) is 0 Å². The molecule has 0 aromatic heterocycles. The van der Waals surface area contributed by atoms with Crippen molar-refractivity contribution in [1.29, 1.82) is 5.26 Å². The second-order valence-electron chi connectivity index (χ2n) is 3.41. The summed E-state index contributed by atoms with van der Waals surface area (Å²) in [5.74, 6) is 1.45. The first kappa shape index (κ1) is 8.89. The van der Waals surface area contributed by atoms with Gasteiger partial charge in [0.25, 0.3) is 0 Å². The molecule has 1 heterocycles. The molecule has 3 heteroatoms. The average Bonchev–Trinajstić information content (AvgIpc) is 2.56. The zero-order valence-corrected chi connectivity index (χ0v) is 8.20. The van der Waals surface area contributed by atoms with Crippen LogP contribution in [0.3, 0.4) is 0 Å². The van der Waals surface area contributed by atoms with E-state index in [-0.39, 0.29) is 6.10 Å². The number of rotatable bonds is 1. The van der Waals surface area contributed by atoms with Crippen LogP contribution < -0.4 is 9.47 Å². The Morgan fingerprint density at radius 1 is 1.57 bits per heavy atom. The van der Waals surface area contributed by atoms with Crippen LogP contribution in [-0.4, -0.2) is 13.2 Å². The molecule has 3 nitrogen and oxygen atoms in total. The highest BCUT2D eigenvalue weighted by atomic mass is 16.5. The Kier molecular flexibility index (Phi) is 2.05. The molecule has 0 spiro atoms. The fourth-order valence-corrected chi connectivity index (χ4v) is 1.71. The van der Waals surface area contributed by atoms with E-state index in [9.17, 15) is 0 Å². The molecular formula is C11H11NO2. The number of nitrogens with zero attached hydrogens (tertiary/aromatic N) is 1. The predicted octanol–water partition coefficient (Wildman–Crippen LogP) is 1.89. The second kappa shape index (κ2) is 3.22. The molecule has 0 fully saturated rings. The normalized spacial score (nSPS) is 18.2. The molecule has 1 aliphatic heterocycles. The summed E-state index contributed by atoms with van der Waals surface area (Å²) >= 11 is 0. The minimum absolute atomic E-state index is 0.174. The van der Waals surface area contributed by atoms with Crippen LogP contribution >= 0.6 is 0 Å². The topological polar surface area (TPSA) is 42.2 Å². The van der Waals surface area contributed by atoms with Gasteiger partial charge in [0.05, 0.1) is 18.7 Å². The third kappa shape index (κ3) is 1.29. The van der Waals surface area contributed by atoms with Gasteiger partial charge in [-0.25, -0.2) is 0 Å². The molecule has 0 radical (unpaired) electrons. The number of hydrogen-bond acceptors (Lipinski definition) is 3. The molecule has 14 heavy (non-hydrogen) atoms. The van der Waals surface area contributed by atoms with Crippen LogP contribution in [0.5, 0.6) is 11.5 Å². The molecule has 0 amide bonds. The van der Waals surface area contributed by atoms with E-state index in [2.05, 4.69) is 6.07 Å². The quantitative estimate of drug-likeness (QED) is 0.677. The Hall–Kier alpha value is -1.69. The highest BCUT2D eigenvalue weighted by molar-refractivity contribution is 5.54. The first-order chi connectivity index (χ1) is 6.74. The Bertz CT molecular complexity index is 406. The standard InChI is InChI=1S/C11H11NO2/c1-7-3-9-4-8(6-12)5-10(13-2)11(9)14-7/h4-5,7H,3H2,1-2H3. The van der Waals surface area contributed by atoms with E-state index in [0.717, 1.165) is 17.7 Å². The lowest BCUT2D eigenvalue weighted by atomic mass is 10.1. The summed E-state index contributed by atoms with van der Waals surface area (Å²) in [5.41, 5.74) is 1.69. The summed E-state index contributed by atoms with van der Waals surface area (Å²) in [6.07, 6.45) is 1.02. The van der Waals surface area contributed by atoms with Gasteiger partial charge in [0, 0.05) is 18.1 Å². The fraction of sp³-hybridized carbons (Fsp3) is 0.364. The third-order valence-electron chi connectivity index (χ3n) is 2.31. The Morgan fingerprint density at radius 3 is 3.00 bits per heavy atom. The number of benzene rings is 1. The number of nitriles is 1. The van der Waals surface area contributed by atoms with Gasteiger partial charge in [-0.05, 0) is 13.0 Å². The summed E-state index contributed by atoms with van der Waals surface area (Å²) in [5, 5.41) is 8.81. The molecule has 0 N–H and O–H groups in total. The number of hydrogen-bond donors (Lipinski definition) is 0. The van der Waals surface area contributed by atoms with Crippen LogP contribution in [0.15, 0.2) is 12.1 Å². The predicted molar refractivity (Wildman–Crippen MR) is 51.5 cm³/mol. The number of ether oxygens (including phenoxy) is 2. The maximum atomic E-state index is 8.81. The zero-order valence-electron chi connectivity index (χ0n) is 8.20. The van der Waals surface area contributed by atoms with Crippen molar-refractivity contribution in [2.75, 3.05) is 7.11 Å². The summed E-state index contributed by atoms with van der Waals surface area (Å²) < 4.78 is 10.8. The molecule has 1 unspecified atom stereocenters. The van der Waals surface area contributed by atoms with Crippen molar-refractivity contribution in [3.63, 3.8) is 0 Å². The van der Waals surface area contributed by atoms with Gasteiger partial charge >= 0.3 is 0 Å². The number of fused-ring (bicyclic) bond motifs is 1. The van der Waals surface area contributed by atoms with Gasteiger partial charge in [0.1, 0.15) is 6.10 Å². The van der Waals surface area contributed by atoms with Gasteiger partial charge in [-0.3, -0.25) is 0 Å². The molecule has 0 saturated carbocycles. The summed E-state index contributed by atoms with van der Waals surface area (Å²) in [4.78, 5) is 0. The highest BCUT2D eigenvalue weighted by Crippen LogP contribution is 2.38. The molecule has 0 bridgehead atoms. The van der Waals surface area contributed by atoms with Crippen molar-refractivity contribution >= 4 is 0 Å². The van der Waals surface area contributed by atoms with Gasteiger partial charge in [-0.15, -0.1) is 0 Å². The zero-order chi connectivity index (χ0) is 10.1. The summed E-state index contributed by atoms with van der Waals surface area (Å²) in [7, 11) is 1.59. The van der Waals surface area contributed by atoms with Crippen molar-refractivity contribution in [3.05, 3.63) is 23.3 Å². The number of methoxy groups -OCH3 is 1. The maximum absolute atomic E-state index is 8.81. The molecule has 2 rings (SSSR count).